The fourth-order valence-electron chi connectivity index (χ4n) is 4.54. The van der Waals surface area contributed by atoms with Crippen molar-refractivity contribution in [1.82, 2.24) is 14.5 Å². The van der Waals surface area contributed by atoms with E-state index in [1.807, 2.05) is 10.8 Å². The van der Waals surface area contributed by atoms with Gasteiger partial charge >= 0.3 is 0 Å². The Kier molecular flexibility index (Phi) is 6.27. The number of benzene rings is 2. The number of nitrogens with two attached hydrogens (primary N) is 1. The van der Waals surface area contributed by atoms with Crippen LogP contribution in [0.1, 0.15) is 24.4 Å². The summed E-state index contributed by atoms with van der Waals surface area (Å²) in [5, 5.41) is 0.625. The van der Waals surface area contributed by atoms with E-state index in [4.69, 9.17) is 15.2 Å². The topological polar surface area (TPSA) is 121 Å². The van der Waals surface area contributed by atoms with Crippen molar-refractivity contribution in [1.29, 1.82) is 0 Å². The molecule has 11 heteroatoms. The number of sulfonamides is 1. The molecule has 0 atom stereocenters. The number of aromatic nitrogens is 3. The minimum absolute atomic E-state index is 0.00518. The molecule has 36 heavy (non-hydrogen) atoms. The van der Waals surface area contributed by atoms with Crippen LogP contribution in [0.3, 0.4) is 0 Å². The van der Waals surface area contributed by atoms with Gasteiger partial charge in [-0.2, -0.15) is 4.98 Å². The molecule has 1 aliphatic rings. The minimum atomic E-state index is -4.05. The number of nitrogen functional groups attached to an aromatic ring is 1. The van der Waals surface area contributed by atoms with E-state index < -0.39 is 15.8 Å². The highest BCUT2D eigenvalue weighted by Crippen LogP contribution is 2.37. The SMILES string of the molecule is COc1ccc(S(=O)(=O)Nc2cccc(-c3cn(C4CCOCC4)c4nc(N)ncc34)c2F)cc1C. The van der Waals surface area contributed by atoms with Crippen LogP contribution in [0.5, 0.6) is 5.75 Å². The molecular weight excluding hydrogens is 485 g/mol. The molecule has 3 heterocycles. The van der Waals surface area contributed by atoms with E-state index in [1.165, 1.54) is 25.3 Å². The first-order chi connectivity index (χ1) is 17.3. The number of aryl methyl sites for hydroxylation is 1. The predicted molar refractivity (Wildman–Crippen MR) is 135 cm³/mol. The van der Waals surface area contributed by atoms with E-state index in [9.17, 15) is 8.42 Å². The molecule has 0 spiro atoms. The lowest BCUT2D eigenvalue weighted by Crippen LogP contribution is -2.19. The van der Waals surface area contributed by atoms with Gasteiger partial charge in [0.1, 0.15) is 11.4 Å². The lowest BCUT2D eigenvalue weighted by Gasteiger charge is -2.24. The van der Waals surface area contributed by atoms with Crippen molar-refractivity contribution in [2.45, 2.75) is 30.7 Å². The fourth-order valence-corrected chi connectivity index (χ4v) is 5.68. The Labute approximate surface area is 208 Å². The lowest BCUT2D eigenvalue weighted by atomic mass is 10.1. The van der Waals surface area contributed by atoms with Gasteiger partial charge in [-0.3, -0.25) is 4.72 Å². The Morgan fingerprint density at radius 2 is 1.97 bits per heavy atom. The number of hydrogen-bond acceptors (Lipinski definition) is 7. The molecule has 2 aromatic heterocycles. The molecule has 0 saturated carbocycles. The van der Waals surface area contributed by atoms with E-state index in [0.717, 1.165) is 12.8 Å². The van der Waals surface area contributed by atoms with Crippen molar-refractivity contribution in [2.24, 2.45) is 0 Å². The van der Waals surface area contributed by atoms with Crippen LogP contribution in [0, 0.1) is 12.7 Å². The first-order valence-corrected chi connectivity index (χ1v) is 12.9. The zero-order valence-corrected chi connectivity index (χ0v) is 20.7. The smallest absolute Gasteiger partial charge is 0.262 e. The largest absolute Gasteiger partial charge is 0.496 e. The molecule has 2 aromatic carbocycles. The molecule has 0 aliphatic carbocycles. The Morgan fingerprint density at radius 3 is 2.69 bits per heavy atom. The van der Waals surface area contributed by atoms with Crippen LogP contribution in [-0.4, -0.2) is 43.3 Å². The van der Waals surface area contributed by atoms with Gasteiger partial charge in [-0.05, 0) is 49.6 Å². The van der Waals surface area contributed by atoms with Crippen LogP contribution in [0.25, 0.3) is 22.2 Å². The third-order valence-corrected chi connectivity index (χ3v) is 7.75. The van der Waals surface area contributed by atoms with Gasteiger partial charge in [0.05, 0.1) is 17.7 Å². The van der Waals surface area contributed by atoms with Crippen molar-refractivity contribution >= 4 is 32.7 Å². The third-order valence-electron chi connectivity index (χ3n) is 6.38. The second kappa shape index (κ2) is 9.40. The lowest BCUT2D eigenvalue weighted by molar-refractivity contribution is 0.0706. The number of fused-ring (bicyclic) bond motifs is 1. The molecular formula is C25H26FN5O4S. The van der Waals surface area contributed by atoms with Gasteiger partial charge in [-0.15, -0.1) is 0 Å². The predicted octanol–water partition coefficient (Wildman–Crippen LogP) is 4.29. The van der Waals surface area contributed by atoms with Crippen molar-refractivity contribution < 1.29 is 22.3 Å². The summed E-state index contributed by atoms with van der Waals surface area (Å²) in [4.78, 5) is 8.53. The van der Waals surface area contributed by atoms with Gasteiger partial charge in [0.2, 0.25) is 5.95 Å². The molecule has 0 radical (unpaired) electrons. The van der Waals surface area contributed by atoms with Gasteiger partial charge in [-0.25, -0.2) is 17.8 Å². The van der Waals surface area contributed by atoms with Crippen molar-refractivity contribution in [3.8, 4) is 16.9 Å². The van der Waals surface area contributed by atoms with Gasteiger partial charge in [-0.1, -0.05) is 12.1 Å². The Bertz CT molecular complexity index is 1550. The summed E-state index contributed by atoms with van der Waals surface area (Å²) in [5.74, 6) is -0.0164. The number of rotatable bonds is 6. The van der Waals surface area contributed by atoms with E-state index in [2.05, 4.69) is 14.7 Å². The monoisotopic (exact) mass is 511 g/mol. The minimum Gasteiger partial charge on any atom is -0.496 e. The summed E-state index contributed by atoms with van der Waals surface area (Å²) >= 11 is 0. The van der Waals surface area contributed by atoms with Crippen LogP contribution in [-0.2, 0) is 14.8 Å². The Morgan fingerprint density at radius 1 is 1.19 bits per heavy atom. The molecule has 1 saturated heterocycles. The number of anilines is 2. The molecule has 0 amide bonds. The van der Waals surface area contributed by atoms with Crippen LogP contribution < -0.4 is 15.2 Å². The van der Waals surface area contributed by atoms with Crippen molar-refractivity contribution in [3.05, 3.63) is 60.2 Å². The quantitative estimate of drug-likeness (QED) is 0.396. The number of ether oxygens (including phenoxy) is 2. The molecule has 9 nitrogen and oxygen atoms in total. The second-order valence-electron chi connectivity index (χ2n) is 8.66. The molecule has 0 unspecified atom stereocenters. The first-order valence-electron chi connectivity index (χ1n) is 11.5. The van der Waals surface area contributed by atoms with Gasteiger partial charge in [0, 0.05) is 48.2 Å². The van der Waals surface area contributed by atoms with Crippen LogP contribution in [0.4, 0.5) is 16.0 Å². The van der Waals surface area contributed by atoms with E-state index in [0.29, 0.717) is 41.1 Å². The number of nitrogens with one attached hydrogen (secondary N) is 1. The molecule has 1 aliphatic heterocycles. The standard InChI is InChI=1S/C25H26FN5O4S/c1-15-12-17(6-7-22(15)34-2)36(32,33)30-21-5-3-4-18(23(21)26)20-14-31(16-8-10-35-11-9-16)24-19(20)13-28-25(27)29-24/h3-7,12-14,16,30H,8-11H2,1-2H3,(H2,27,28,29). The van der Waals surface area contributed by atoms with Crippen LogP contribution in [0.15, 0.2) is 53.7 Å². The van der Waals surface area contributed by atoms with E-state index >= 15 is 4.39 Å². The Hall–Kier alpha value is -3.70. The molecule has 3 N–H and O–H groups in total. The summed E-state index contributed by atoms with van der Waals surface area (Å²) in [7, 11) is -2.54. The number of nitrogens with zero attached hydrogens (tertiary/aromatic N) is 3. The normalized spacial score (nSPS) is 14.8. The summed E-state index contributed by atoms with van der Waals surface area (Å²) in [6.45, 7) is 2.98. The number of halogens is 1. The highest BCUT2D eigenvalue weighted by atomic mass is 32.2. The maximum atomic E-state index is 15.8. The highest BCUT2D eigenvalue weighted by Gasteiger charge is 2.24. The zero-order chi connectivity index (χ0) is 25.4. The van der Waals surface area contributed by atoms with Gasteiger partial charge < -0.3 is 19.8 Å². The maximum absolute atomic E-state index is 15.8. The van der Waals surface area contributed by atoms with Crippen molar-refractivity contribution in [3.63, 3.8) is 0 Å². The first kappa shape index (κ1) is 24.0. The Balaban J connectivity index is 1.56. The summed E-state index contributed by atoms with van der Waals surface area (Å²) in [6.07, 6.45) is 4.98. The number of methoxy groups -OCH3 is 1. The summed E-state index contributed by atoms with van der Waals surface area (Å²) in [5.41, 5.74) is 7.72. The maximum Gasteiger partial charge on any atom is 0.262 e. The average molecular weight is 512 g/mol. The molecule has 5 rings (SSSR count). The van der Waals surface area contributed by atoms with Crippen LogP contribution in [0.2, 0.25) is 0 Å². The molecule has 1 fully saturated rings. The fraction of sp³-hybridized carbons (Fsp3) is 0.280. The van der Waals surface area contributed by atoms with Crippen LogP contribution >= 0.6 is 0 Å². The van der Waals surface area contributed by atoms with Gasteiger partial charge in [0.15, 0.2) is 5.82 Å². The molecule has 188 valence electrons. The summed E-state index contributed by atoms with van der Waals surface area (Å²) in [6, 6.07) is 9.17. The molecule has 4 aromatic rings. The highest BCUT2D eigenvalue weighted by molar-refractivity contribution is 7.92. The summed E-state index contributed by atoms with van der Waals surface area (Å²) < 4.78 is 57.0. The molecule has 0 bridgehead atoms. The second-order valence-corrected chi connectivity index (χ2v) is 10.3. The van der Waals surface area contributed by atoms with Crippen molar-refractivity contribution in [2.75, 3.05) is 30.8 Å². The number of hydrogen-bond donors (Lipinski definition) is 2. The zero-order valence-electron chi connectivity index (χ0n) is 19.9. The average Bonchev–Trinajstić information content (AvgIpc) is 3.24. The van der Waals surface area contributed by atoms with E-state index in [-0.39, 0.29) is 28.1 Å². The van der Waals surface area contributed by atoms with Gasteiger partial charge in [0.25, 0.3) is 10.0 Å². The van der Waals surface area contributed by atoms with E-state index in [1.54, 1.807) is 31.3 Å². The third kappa shape index (κ3) is 4.35.